The van der Waals surface area contributed by atoms with Gasteiger partial charge in [-0.1, -0.05) is 41.9 Å². The first kappa shape index (κ1) is 14.4. The molecule has 0 spiro atoms. The molecule has 0 aliphatic heterocycles. The predicted molar refractivity (Wildman–Crippen MR) is 73.9 cm³/mol. The lowest BCUT2D eigenvalue weighted by molar-refractivity contribution is 0.0683. The normalized spacial score (nSPS) is 12.1. The van der Waals surface area contributed by atoms with E-state index in [1.165, 1.54) is 6.20 Å². The van der Waals surface area contributed by atoms with Crippen LogP contribution in [0.3, 0.4) is 0 Å². The molecule has 0 aliphatic carbocycles. The number of ether oxygens (including phenoxy) is 1. The molecule has 1 heterocycles. The number of carboxylic acid groups (broad SMARTS) is 1. The van der Waals surface area contributed by atoms with E-state index < -0.39 is 12.1 Å². The molecule has 1 N–H and O–H groups in total. The van der Waals surface area contributed by atoms with Crippen LogP contribution in [0, 0.1) is 0 Å². The Morgan fingerprint density at radius 1 is 1.40 bits per heavy atom. The lowest BCUT2D eigenvalue weighted by atomic mass is 10.1. The highest BCUT2D eigenvalue weighted by Gasteiger charge is 2.20. The van der Waals surface area contributed by atoms with Crippen LogP contribution < -0.4 is 0 Å². The minimum atomic E-state index is -1.19. The van der Waals surface area contributed by atoms with Gasteiger partial charge in [0.2, 0.25) is 0 Å². The second kappa shape index (κ2) is 6.45. The van der Waals surface area contributed by atoms with Gasteiger partial charge in [0, 0.05) is 6.61 Å². The molecule has 0 radical (unpaired) electrons. The van der Waals surface area contributed by atoms with Crippen molar-refractivity contribution in [2.75, 3.05) is 6.61 Å². The van der Waals surface area contributed by atoms with E-state index in [2.05, 4.69) is 9.97 Å². The summed E-state index contributed by atoms with van der Waals surface area (Å²) < 4.78 is 5.63. The largest absolute Gasteiger partial charge is 0.476 e. The SMILES string of the molecule is CCOC(c1ccccc1)c1ncc(Cl)c(C(=O)O)n1. The highest BCUT2D eigenvalue weighted by atomic mass is 35.5. The summed E-state index contributed by atoms with van der Waals surface area (Å²) in [5.74, 6) is -0.915. The minimum absolute atomic E-state index is 0.00422. The Morgan fingerprint density at radius 2 is 2.10 bits per heavy atom. The van der Waals surface area contributed by atoms with Crippen molar-refractivity contribution in [3.8, 4) is 0 Å². The van der Waals surface area contributed by atoms with E-state index in [0.29, 0.717) is 6.61 Å². The summed E-state index contributed by atoms with van der Waals surface area (Å²) >= 11 is 5.77. The maximum atomic E-state index is 11.1. The van der Waals surface area contributed by atoms with E-state index in [0.717, 1.165) is 5.56 Å². The van der Waals surface area contributed by atoms with E-state index in [1.54, 1.807) is 0 Å². The number of carboxylic acids is 1. The molecular formula is C14H13ClN2O3. The molecule has 20 heavy (non-hydrogen) atoms. The van der Waals surface area contributed by atoms with Crippen LogP contribution >= 0.6 is 11.6 Å². The maximum Gasteiger partial charge on any atom is 0.356 e. The van der Waals surface area contributed by atoms with Crippen molar-refractivity contribution in [2.24, 2.45) is 0 Å². The number of aromatic carboxylic acids is 1. The summed E-state index contributed by atoms with van der Waals surface area (Å²) in [6.45, 7) is 2.30. The number of rotatable bonds is 5. The van der Waals surface area contributed by atoms with E-state index in [1.807, 2.05) is 37.3 Å². The zero-order valence-electron chi connectivity index (χ0n) is 10.8. The zero-order valence-corrected chi connectivity index (χ0v) is 11.5. The second-order valence-electron chi connectivity index (χ2n) is 3.98. The van der Waals surface area contributed by atoms with E-state index in [-0.39, 0.29) is 16.5 Å². The molecule has 0 aliphatic rings. The molecule has 2 aromatic rings. The Kier molecular flexibility index (Phi) is 4.65. The average molecular weight is 293 g/mol. The van der Waals surface area contributed by atoms with Gasteiger partial charge < -0.3 is 9.84 Å². The standard InChI is InChI=1S/C14H13ClN2O3/c1-2-20-12(9-6-4-3-5-7-9)13-16-8-10(15)11(17-13)14(18)19/h3-8,12H,2H2,1H3,(H,18,19). The first-order valence-electron chi connectivity index (χ1n) is 6.05. The highest BCUT2D eigenvalue weighted by Crippen LogP contribution is 2.24. The molecule has 0 saturated heterocycles. The van der Waals surface area contributed by atoms with E-state index >= 15 is 0 Å². The molecule has 1 aromatic heterocycles. The van der Waals surface area contributed by atoms with Gasteiger partial charge in [-0.15, -0.1) is 0 Å². The smallest absolute Gasteiger partial charge is 0.356 e. The summed E-state index contributed by atoms with van der Waals surface area (Å²) in [4.78, 5) is 19.2. The third kappa shape index (κ3) is 3.12. The fourth-order valence-corrected chi connectivity index (χ4v) is 1.94. The average Bonchev–Trinajstić information content (AvgIpc) is 2.46. The molecule has 5 nitrogen and oxygen atoms in total. The minimum Gasteiger partial charge on any atom is -0.476 e. The first-order valence-corrected chi connectivity index (χ1v) is 6.43. The first-order chi connectivity index (χ1) is 9.63. The summed E-state index contributed by atoms with van der Waals surface area (Å²) in [5.41, 5.74) is 0.630. The molecule has 2 rings (SSSR count). The Labute approximate surface area is 121 Å². The van der Waals surface area contributed by atoms with Crippen molar-refractivity contribution >= 4 is 17.6 Å². The molecular weight excluding hydrogens is 280 g/mol. The van der Waals surface area contributed by atoms with Gasteiger partial charge in [-0.25, -0.2) is 14.8 Å². The van der Waals surface area contributed by atoms with Gasteiger partial charge in [0.05, 0.1) is 11.2 Å². The quantitative estimate of drug-likeness (QED) is 0.917. The zero-order chi connectivity index (χ0) is 14.5. The lowest BCUT2D eigenvalue weighted by Crippen LogP contribution is -2.13. The number of benzene rings is 1. The van der Waals surface area contributed by atoms with Crippen LogP contribution in [0.1, 0.15) is 34.9 Å². The van der Waals surface area contributed by atoms with Crippen LogP contribution in [0.4, 0.5) is 0 Å². The van der Waals surface area contributed by atoms with Crippen molar-refractivity contribution in [2.45, 2.75) is 13.0 Å². The highest BCUT2D eigenvalue weighted by molar-refractivity contribution is 6.33. The molecule has 1 atom stereocenters. The van der Waals surface area contributed by atoms with Crippen LogP contribution in [0.25, 0.3) is 0 Å². The number of hydrogen-bond donors (Lipinski definition) is 1. The van der Waals surface area contributed by atoms with Gasteiger partial charge in [0.25, 0.3) is 0 Å². The number of hydrogen-bond acceptors (Lipinski definition) is 4. The van der Waals surface area contributed by atoms with Gasteiger partial charge in [-0.05, 0) is 12.5 Å². The van der Waals surface area contributed by atoms with Crippen LogP contribution in [0.2, 0.25) is 5.02 Å². The molecule has 0 amide bonds. The number of carbonyl (C=O) groups is 1. The molecule has 0 fully saturated rings. The third-order valence-electron chi connectivity index (χ3n) is 2.64. The number of nitrogens with zero attached hydrogens (tertiary/aromatic N) is 2. The lowest BCUT2D eigenvalue weighted by Gasteiger charge is -2.16. The Balaban J connectivity index is 2.45. The van der Waals surface area contributed by atoms with Gasteiger partial charge in [-0.2, -0.15) is 0 Å². The predicted octanol–water partition coefficient (Wildman–Crippen LogP) is 2.95. The molecule has 1 unspecified atom stereocenters. The second-order valence-corrected chi connectivity index (χ2v) is 4.38. The molecule has 0 saturated carbocycles. The summed E-state index contributed by atoms with van der Waals surface area (Å²) in [6, 6.07) is 9.38. The van der Waals surface area contributed by atoms with Gasteiger partial charge >= 0.3 is 5.97 Å². The Morgan fingerprint density at radius 3 is 2.70 bits per heavy atom. The van der Waals surface area contributed by atoms with Crippen molar-refractivity contribution in [1.29, 1.82) is 0 Å². The van der Waals surface area contributed by atoms with Crippen LogP contribution in [-0.4, -0.2) is 27.7 Å². The molecule has 1 aromatic carbocycles. The maximum absolute atomic E-state index is 11.1. The van der Waals surface area contributed by atoms with E-state index in [4.69, 9.17) is 21.4 Å². The molecule has 0 bridgehead atoms. The topological polar surface area (TPSA) is 72.3 Å². The number of halogens is 1. The summed E-state index contributed by atoms with van der Waals surface area (Å²) in [5, 5.41) is 9.06. The van der Waals surface area contributed by atoms with Crippen molar-refractivity contribution in [3.63, 3.8) is 0 Å². The van der Waals surface area contributed by atoms with Crippen LogP contribution in [0.15, 0.2) is 36.5 Å². The van der Waals surface area contributed by atoms with Crippen LogP contribution in [0.5, 0.6) is 0 Å². The summed E-state index contributed by atoms with van der Waals surface area (Å²) in [6.07, 6.45) is 0.763. The Hall–Kier alpha value is -1.98. The number of aromatic nitrogens is 2. The Bertz CT molecular complexity index is 605. The van der Waals surface area contributed by atoms with Gasteiger partial charge in [0.1, 0.15) is 6.10 Å². The van der Waals surface area contributed by atoms with Crippen LogP contribution in [-0.2, 0) is 4.74 Å². The van der Waals surface area contributed by atoms with Crippen molar-refractivity contribution in [3.05, 3.63) is 58.6 Å². The monoisotopic (exact) mass is 292 g/mol. The van der Waals surface area contributed by atoms with Crippen molar-refractivity contribution in [1.82, 2.24) is 9.97 Å². The van der Waals surface area contributed by atoms with Gasteiger partial charge in [-0.3, -0.25) is 0 Å². The molecule has 104 valence electrons. The molecule has 6 heteroatoms. The third-order valence-corrected chi connectivity index (χ3v) is 2.91. The fraction of sp³-hybridized carbons (Fsp3) is 0.214. The van der Waals surface area contributed by atoms with E-state index in [9.17, 15) is 4.79 Å². The fourth-order valence-electron chi connectivity index (χ4n) is 1.77. The van der Waals surface area contributed by atoms with Gasteiger partial charge in [0.15, 0.2) is 11.5 Å². The summed E-state index contributed by atoms with van der Waals surface area (Å²) in [7, 11) is 0. The van der Waals surface area contributed by atoms with Crippen molar-refractivity contribution < 1.29 is 14.6 Å².